The van der Waals surface area contributed by atoms with Gasteiger partial charge in [-0.2, -0.15) is 0 Å². The van der Waals surface area contributed by atoms with Gasteiger partial charge in [0.2, 0.25) is 11.8 Å². The number of hydrogen-bond donors (Lipinski definition) is 1. The fourth-order valence-electron chi connectivity index (χ4n) is 5.47. The summed E-state index contributed by atoms with van der Waals surface area (Å²) in [6.07, 6.45) is 10.2. The first kappa shape index (κ1) is 18.3. The summed E-state index contributed by atoms with van der Waals surface area (Å²) in [5.74, 6) is 1.66. The minimum atomic E-state index is -0.415. The van der Waals surface area contributed by atoms with Crippen LogP contribution in [0.5, 0.6) is 0 Å². The Bertz CT molecular complexity index is 627. The molecule has 0 spiro atoms. The summed E-state index contributed by atoms with van der Waals surface area (Å²) < 4.78 is -0.415. The second-order valence-corrected chi connectivity index (χ2v) is 10.6. The Balaban J connectivity index is 1.40. The molecule has 2 unspecified atom stereocenters. The van der Waals surface area contributed by atoms with Gasteiger partial charge in [-0.15, -0.1) is 0 Å². The SMILES string of the molecule is CC(=O)N1CCCC(CC2(C)SC(=NC34CCC(CC3)C4)NC2=O)CC1. The highest BCUT2D eigenvalue weighted by molar-refractivity contribution is 8.16. The molecule has 4 fully saturated rings. The summed E-state index contributed by atoms with van der Waals surface area (Å²) >= 11 is 1.66. The first-order chi connectivity index (χ1) is 12.4. The smallest absolute Gasteiger partial charge is 0.242 e. The largest absolute Gasteiger partial charge is 0.343 e. The predicted octanol–water partition coefficient (Wildman–Crippen LogP) is 3.34. The van der Waals surface area contributed by atoms with Crippen LogP contribution in [-0.4, -0.2) is 45.3 Å². The van der Waals surface area contributed by atoms with E-state index in [0.717, 1.165) is 49.9 Å². The monoisotopic (exact) mass is 377 g/mol. The minimum absolute atomic E-state index is 0.121. The Morgan fingerprint density at radius 1 is 1.27 bits per heavy atom. The lowest BCUT2D eigenvalue weighted by Gasteiger charge is -2.25. The van der Waals surface area contributed by atoms with E-state index in [-0.39, 0.29) is 17.4 Å². The van der Waals surface area contributed by atoms with Crippen LogP contribution in [0.2, 0.25) is 0 Å². The summed E-state index contributed by atoms with van der Waals surface area (Å²) in [7, 11) is 0. The van der Waals surface area contributed by atoms with Crippen molar-refractivity contribution in [3.8, 4) is 0 Å². The van der Waals surface area contributed by atoms with Crippen LogP contribution in [-0.2, 0) is 9.59 Å². The van der Waals surface area contributed by atoms with Crippen molar-refractivity contribution in [2.75, 3.05) is 13.1 Å². The molecule has 2 heterocycles. The number of amidine groups is 1. The van der Waals surface area contributed by atoms with Gasteiger partial charge >= 0.3 is 0 Å². The molecule has 1 N–H and O–H groups in total. The number of amides is 2. The molecule has 0 aromatic carbocycles. The summed E-state index contributed by atoms with van der Waals surface area (Å²) in [6.45, 7) is 5.42. The van der Waals surface area contributed by atoms with E-state index in [4.69, 9.17) is 4.99 Å². The molecule has 26 heavy (non-hydrogen) atoms. The lowest BCUT2D eigenvalue weighted by Crippen LogP contribution is -2.36. The third kappa shape index (κ3) is 3.54. The van der Waals surface area contributed by atoms with Crippen molar-refractivity contribution in [1.82, 2.24) is 10.2 Å². The highest BCUT2D eigenvalue weighted by Gasteiger charge is 2.48. The molecule has 6 heteroatoms. The zero-order valence-corrected chi connectivity index (χ0v) is 16.9. The molecule has 4 aliphatic rings. The topological polar surface area (TPSA) is 61.8 Å². The molecule has 2 amide bonds. The van der Waals surface area contributed by atoms with Crippen molar-refractivity contribution in [2.24, 2.45) is 16.8 Å². The Morgan fingerprint density at radius 2 is 2.04 bits per heavy atom. The highest BCUT2D eigenvalue weighted by Crippen LogP contribution is 2.51. The molecule has 0 aromatic rings. The third-order valence-corrected chi connectivity index (χ3v) is 8.23. The van der Waals surface area contributed by atoms with Gasteiger partial charge < -0.3 is 10.2 Å². The molecule has 0 aromatic heterocycles. The van der Waals surface area contributed by atoms with Crippen LogP contribution < -0.4 is 5.32 Å². The number of nitrogens with one attached hydrogen (secondary N) is 1. The van der Waals surface area contributed by atoms with Gasteiger partial charge in [0.25, 0.3) is 0 Å². The van der Waals surface area contributed by atoms with E-state index >= 15 is 0 Å². The van der Waals surface area contributed by atoms with Crippen molar-refractivity contribution in [3.63, 3.8) is 0 Å². The molecule has 4 rings (SSSR count). The second kappa shape index (κ2) is 6.84. The molecule has 2 saturated heterocycles. The molecular formula is C20H31N3O2S. The molecule has 2 bridgehead atoms. The van der Waals surface area contributed by atoms with E-state index in [1.54, 1.807) is 18.7 Å². The first-order valence-corrected chi connectivity index (χ1v) is 11.0. The van der Waals surface area contributed by atoms with Gasteiger partial charge in [0.15, 0.2) is 5.17 Å². The molecule has 0 radical (unpaired) electrons. The molecule has 2 aliphatic heterocycles. The van der Waals surface area contributed by atoms with Crippen LogP contribution in [0.25, 0.3) is 0 Å². The maximum atomic E-state index is 12.7. The maximum absolute atomic E-state index is 12.7. The Kier molecular flexibility index (Phi) is 4.82. The minimum Gasteiger partial charge on any atom is -0.343 e. The van der Waals surface area contributed by atoms with Crippen LogP contribution >= 0.6 is 11.8 Å². The van der Waals surface area contributed by atoms with Crippen molar-refractivity contribution >= 4 is 28.7 Å². The highest BCUT2D eigenvalue weighted by atomic mass is 32.2. The predicted molar refractivity (Wildman–Crippen MR) is 105 cm³/mol. The van der Waals surface area contributed by atoms with Gasteiger partial charge in [0, 0.05) is 20.0 Å². The van der Waals surface area contributed by atoms with Gasteiger partial charge in [0.05, 0.1) is 10.3 Å². The van der Waals surface area contributed by atoms with Crippen molar-refractivity contribution < 1.29 is 9.59 Å². The van der Waals surface area contributed by atoms with Gasteiger partial charge in [-0.1, -0.05) is 11.8 Å². The zero-order valence-electron chi connectivity index (χ0n) is 16.1. The zero-order chi connectivity index (χ0) is 18.4. The fraction of sp³-hybridized carbons (Fsp3) is 0.850. The number of likely N-dealkylation sites (tertiary alicyclic amines) is 1. The molecule has 2 saturated carbocycles. The average Bonchev–Trinajstić information content (AvgIpc) is 3.17. The molecule has 2 aliphatic carbocycles. The van der Waals surface area contributed by atoms with Crippen LogP contribution in [0, 0.1) is 11.8 Å². The molecule has 144 valence electrons. The average molecular weight is 378 g/mol. The number of fused-ring (bicyclic) bond motifs is 2. The number of nitrogens with zero attached hydrogens (tertiary/aromatic N) is 2. The molecule has 5 nitrogen and oxygen atoms in total. The fourth-order valence-corrected chi connectivity index (χ4v) is 6.74. The van der Waals surface area contributed by atoms with Crippen molar-refractivity contribution in [2.45, 2.75) is 81.9 Å². The van der Waals surface area contributed by atoms with Crippen molar-refractivity contribution in [3.05, 3.63) is 0 Å². The number of thioether (sulfide) groups is 1. The lowest BCUT2D eigenvalue weighted by molar-refractivity contribution is -0.128. The summed E-state index contributed by atoms with van der Waals surface area (Å²) in [6, 6.07) is 0. The van der Waals surface area contributed by atoms with Crippen LogP contribution in [0.1, 0.15) is 71.6 Å². The first-order valence-electron chi connectivity index (χ1n) is 10.2. The van der Waals surface area contributed by atoms with Crippen LogP contribution in [0.3, 0.4) is 0 Å². The van der Waals surface area contributed by atoms with E-state index < -0.39 is 4.75 Å². The molecule has 2 atom stereocenters. The quantitative estimate of drug-likeness (QED) is 0.820. The van der Waals surface area contributed by atoms with Gasteiger partial charge in [-0.05, 0) is 76.5 Å². The van der Waals surface area contributed by atoms with E-state index in [0.29, 0.717) is 5.92 Å². The van der Waals surface area contributed by atoms with E-state index in [2.05, 4.69) is 12.2 Å². The Labute approximate surface area is 160 Å². The number of carbonyl (C=O) groups excluding carboxylic acids is 2. The van der Waals surface area contributed by atoms with Gasteiger partial charge in [-0.25, -0.2) is 0 Å². The number of carbonyl (C=O) groups is 2. The summed E-state index contributed by atoms with van der Waals surface area (Å²) in [4.78, 5) is 31.4. The number of aliphatic imine (C=N–C) groups is 1. The standard InChI is InChI=1S/C20H31N3O2S/c1-14(24)23-10-3-4-15(7-11-23)12-19(2)17(25)21-18(26-19)22-20-8-5-16(13-20)6-9-20/h15-16H,3-13H2,1-2H3,(H,21,22,25). The Hall–Kier alpha value is -1.04. The number of hydrogen-bond acceptors (Lipinski definition) is 4. The van der Waals surface area contributed by atoms with Gasteiger partial charge in [0.1, 0.15) is 0 Å². The summed E-state index contributed by atoms with van der Waals surface area (Å²) in [5.41, 5.74) is 0.121. The lowest BCUT2D eigenvalue weighted by atomic mass is 9.89. The van der Waals surface area contributed by atoms with Crippen molar-refractivity contribution in [1.29, 1.82) is 0 Å². The normalized spacial score (nSPS) is 41.5. The van der Waals surface area contributed by atoms with E-state index in [9.17, 15) is 9.59 Å². The summed E-state index contributed by atoms with van der Waals surface area (Å²) in [5, 5.41) is 3.95. The van der Waals surface area contributed by atoms with Gasteiger partial charge in [-0.3, -0.25) is 14.6 Å². The molecular weight excluding hydrogens is 346 g/mol. The number of rotatable bonds is 3. The Morgan fingerprint density at radius 3 is 2.69 bits per heavy atom. The van der Waals surface area contributed by atoms with E-state index in [1.807, 2.05) is 4.90 Å². The van der Waals surface area contributed by atoms with Crippen LogP contribution in [0.4, 0.5) is 0 Å². The van der Waals surface area contributed by atoms with E-state index in [1.165, 1.54) is 32.1 Å². The second-order valence-electron chi connectivity index (χ2n) is 9.08. The third-order valence-electron chi connectivity index (χ3n) is 7.04. The van der Waals surface area contributed by atoms with Crippen LogP contribution in [0.15, 0.2) is 4.99 Å². The maximum Gasteiger partial charge on any atom is 0.242 e.